The summed E-state index contributed by atoms with van der Waals surface area (Å²) in [6.45, 7) is 3.00. The van der Waals surface area contributed by atoms with Crippen LogP contribution in [0.4, 0.5) is 0 Å². The number of quaternary nitrogens is 1. The third-order valence-corrected chi connectivity index (χ3v) is 5.66. The molecule has 1 atom stereocenters. The van der Waals surface area contributed by atoms with Gasteiger partial charge in [0.15, 0.2) is 0 Å². The number of rotatable bonds is 7. The summed E-state index contributed by atoms with van der Waals surface area (Å²) in [6.07, 6.45) is 4.51. The number of likely N-dealkylation sites (tertiary alicyclic amines) is 1. The Morgan fingerprint density at radius 3 is 2.71 bits per heavy atom. The lowest BCUT2D eigenvalue weighted by Gasteiger charge is -2.25. The van der Waals surface area contributed by atoms with Crippen molar-refractivity contribution in [3.63, 3.8) is 0 Å². The first-order valence-electron chi connectivity index (χ1n) is 9.95. The number of ether oxygens (including phenoxy) is 1. The third kappa shape index (κ3) is 4.04. The van der Waals surface area contributed by atoms with Crippen LogP contribution in [-0.2, 0) is 11.2 Å². The van der Waals surface area contributed by atoms with Crippen LogP contribution in [0.3, 0.4) is 0 Å². The first kappa shape index (κ1) is 18.6. The molecule has 3 aromatic rings. The van der Waals surface area contributed by atoms with E-state index in [0.29, 0.717) is 19.0 Å². The number of furan rings is 1. The minimum absolute atomic E-state index is 0.0260. The smallest absolute Gasteiger partial charge is 0.224 e. The topological polar surface area (TPSA) is 55.9 Å². The summed E-state index contributed by atoms with van der Waals surface area (Å²) in [4.78, 5) is 14.2. The van der Waals surface area contributed by atoms with Crippen LogP contribution in [-0.4, -0.2) is 32.7 Å². The van der Waals surface area contributed by atoms with Crippen molar-refractivity contribution in [1.29, 1.82) is 0 Å². The van der Waals surface area contributed by atoms with Gasteiger partial charge in [0, 0.05) is 35.4 Å². The van der Waals surface area contributed by atoms with Crippen molar-refractivity contribution in [2.45, 2.75) is 25.3 Å². The van der Waals surface area contributed by atoms with E-state index in [1.165, 1.54) is 31.5 Å². The Morgan fingerprint density at radius 1 is 1.18 bits per heavy atom. The molecule has 1 saturated heterocycles. The van der Waals surface area contributed by atoms with Gasteiger partial charge in [-0.3, -0.25) is 4.79 Å². The maximum atomic E-state index is 12.6. The highest BCUT2D eigenvalue weighted by molar-refractivity contribution is 5.88. The minimum atomic E-state index is 0.0260. The summed E-state index contributed by atoms with van der Waals surface area (Å²) in [7, 11) is 1.63. The Balaban J connectivity index is 1.42. The van der Waals surface area contributed by atoms with E-state index < -0.39 is 0 Å². The predicted octanol–water partition coefficient (Wildman–Crippen LogP) is 2.52. The van der Waals surface area contributed by atoms with Gasteiger partial charge in [-0.25, -0.2) is 0 Å². The first-order chi connectivity index (χ1) is 13.7. The van der Waals surface area contributed by atoms with Crippen molar-refractivity contribution in [3.8, 4) is 5.75 Å². The first-order valence-corrected chi connectivity index (χ1v) is 9.95. The molecule has 2 heterocycles. The fourth-order valence-corrected chi connectivity index (χ4v) is 4.14. The molecular weight excluding hydrogens is 352 g/mol. The van der Waals surface area contributed by atoms with Crippen LogP contribution in [0.2, 0.25) is 0 Å². The molecule has 146 valence electrons. The van der Waals surface area contributed by atoms with Crippen molar-refractivity contribution in [3.05, 3.63) is 65.9 Å². The number of methoxy groups -OCH3 is 1. The molecule has 0 radical (unpaired) electrons. The van der Waals surface area contributed by atoms with Crippen molar-refractivity contribution in [2.75, 3.05) is 26.7 Å². The lowest BCUT2D eigenvalue weighted by Crippen LogP contribution is -3.11. The summed E-state index contributed by atoms with van der Waals surface area (Å²) in [5, 5.41) is 4.12. The van der Waals surface area contributed by atoms with Crippen molar-refractivity contribution < 1.29 is 18.8 Å². The zero-order valence-electron chi connectivity index (χ0n) is 16.2. The van der Waals surface area contributed by atoms with Crippen LogP contribution >= 0.6 is 0 Å². The zero-order chi connectivity index (χ0) is 19.3. The van der Waals surface area contributed by atoms with E-state index in [1.54, 1.807) is 18.3 Å². The second-order valence-corrected chi connectivity index (χ2v) is 7.43. The molecule has 2 N–H and O–H groups in total. The number of carbonyl (C=O) groups excluding carboxylic acids is 1. The normalized spacial score (nSPS) is 15.6. The maximum absolute atomic E-state index is 12.6. The van der Waals surface area contributed by atoms with E-state index in [2.05, 4.69) is 29.6 Å². The third-order valence-electron chi connectivity index (χ3n) is 5.66. The summed E-state index contributed by atoms with van der Waals surface area (Å²) in [5.74, 6) is 0.773. The fourth-order valence-electron chi connectivity index (χ4n) is 4.14. The van der Waals surface area contributed by atoms with Crippen LogP contribution in [0.5, 0.6) is 5.75 Å². The molecule has 5 nitrogen and oxygen atoms in total. The van der Waals surface area contributed by atoms with Gasteiger partial charge in [-0.15, -0.1) is 0 Å². The van der Waals surface area contributed by atoms with Crippen LogP contribution in [0.15, 0.2) is 59.2 Å². The Morgan fingerprint density at radius 2 is 1.96 bits per heavy atom. The summed E-state index contributed by atoms with van der Waals surface area (Å²) in [6, 6.07) is 16.5. The van der Waals surface area contributed by atoms with E-state index in [-0.39, 0.29) is 5.91 Å². The van der Waals surface area contributed by atoms with Gasteiger partial charge in [0.2, 0.25) is 5.91 Å². The number of fused-ring (bicyclic) bond motifs is 1. The number of hydrogen-bond donors (Lipinski definition) is 2. The fraction of sp³-hybridized carbons (Fsp3) is 0.348. The van der Waals surface area contributed by atoms with Gasteiger partial charge in [-0.05, 0) is 12.1 Å². The summed E-state index contributed by atoms with van der Waals surface area (Å²) in [5.41, 5.74) is 2.94. The number of benzene rings is 2. The van der Waals surface area contributed by atoms with Crippen molar-refractivity contribution >= 4 is 16.9 Å². The SMILES string of the molecule is COc1ccc2c(CC(=O)NC[C@H](c3ccccc3)[NH+]3CCCC3)coc2c1. The van der Waals surface area contributed by atoms with Gasteiger partial charge in [0.1, 0.15) is 17.4 Å². The summed E-state index contributed by atoms with van der Waals surface area (Å²) < 4.78 is 10.8. The van der Waals surface area contributed by atoms with E-state index in [4.69, 9.17) is 9.15 Å². The summed E-state index contributed by atoms with van der Waals surface area (Å²) >= 11 is 0. The Bertz CT molecular complexity index is 929. The minimum Gasteiger partial charge on any atom is -0.497 e. The Labute approximate surface area is 165 Å². The predicted molar refractivity (Wildman–Crippen MR) is 109 cm³/mol. The molecule has 0 saturated carbocycles. The Kier molecular flexibility index (Phi) is 5.63. The standard InChI is InChI=1S/C23H26N2O3/c1-27-19-9-10-20-18(16-28-22(20)14-19)13-23(26)24-15-21(25-11-5-6-12-25)17-7-3-2-4-8-17/h2-4,7-10,14,16,21H,5-6,11-13,15H2,1H3,(H,24,26)/p+1/t21-/m1/s1. The van der Waals surface area contributed by atoms with Gasteiger partial charge in [-0.1, -0.05) is 30.3 Å². The molecule has 0 aliphatic carbocycles. The highest BCUT2D eigenvalue weighted by Crippen LogP contribution is 2.25. The molecule has 0 bridgehead atoms. The zero-order valence-corrected chi connectivity index (χ0v) is 16.2. The molecule has 28 heavy (non-hydrogen) atoms. The molecule has 2 aromatic carbocycles. The molecule has 1 amide bonds. The lowest BCUT2D eigenvalue weighted by molar-refractivity contribution is -0.918. The average molecular weight is 379 g/mol. The Hall–Kier alpha value is -2.79. The van der Waals surface area contributed by atoms with Crippen LogP contribution in [0, 0.1) is 0 Å². The lowest BCUT2D eigenvalue weighted by atomic mass is 10.1. The van der Waals surface area contributed by atoms with E-state index in [0.717, 1.165) is 22.3 Å². The molecule has 1 aliphatic heterocycles. The molecule has 4 rings (SSSR count). The van der Waals surface area contributed by atoms with Gasteiger partial charge < -0.3 is 19.4 Å². The van der Waals surface area contributed by atoms with Crippen LogP contribution in [0.1, 0.15) is 30.0 Å². The van der Waals surface area contributed by atoms with Gasteiger partial charge in [0.05, 0.1) is 39.4 Å². The molecular formula is C23H27N2O3+. The molecule has 0 unspecified atom stereocenters. The van der Waals surface area contributed by atoms with E-state index in [1.807, 2.05) is 24.3 Å². The number of hydrogen-bond acceptors (Lipinski definition) is 3. The molecule has 1 fully saturated rings. The highest BCUT2D eigenvalue weighted by Gasteiger charge is 2.27. The number of amides is 1. The second kappa shape index (κ2) is 8.48. The largest absolute Gasteiger partial charge is 0.497 e. The van der Waals surface area contributed by atoms with Crippen molar-refractivity contribution in [2.24, 2.45) is 0 Å². The van der Waals surface area contributed by atoms with Gasteiger partial charge in [0.25, 0.3) is 0 Å². The van der Waals surface area contributed by atoms with Gasteiger partial charge >= 0.3 is 0 Å². The van der Waals surface area contributed by atoms with Gasteiger partial charge in [-0.2, -0.15) is 0 Å². The molecule has 0 spiro atoms. The average Bonchev–Trinajstić information content (AvgIpc) is 3.39. The molecule has 1 aromatic heterocycles. The second-order valence-electron chi connectivity index (χ2n) is 7.43. The monoisotopic (exact) mass is 379 g/mol. The number of carbonyl (C=O) groups is 1. The molecule has 5 heteroatoms. The highest BCUT2D eigenvalue weighted by atomic mass is 16.5. The van der Waals surface area contributed by atoms with E-state index >= 15 is 0 Å². The van der Waals surface area contributed by atoms with Crippen LogP contribution in [0.25, 0.3) is 11.0 Å². The van der Waals surface area contributed by atoms with Crippen molar-refractivity contribution in [1.82, 2.24) is 5.32 Å². The van der Waals surface area contributed by atoms with Crippen LogP contribution < -0.4 is 15.0 Å². The van der Waals surface area contributed by atoms with E-state index in [9.17, 15) is 4.79 Å². The quantitative estimate of drug-likeness (QED) is 0.663. The number of nitrogens with one attached hydrogen (secondary N) is 2. The maximum Gasteiger partial charge on any atom is 0.224 e. The molecule has 1 aliphatic rings.